The van der Waals surface area contributed by atoms with E-state index in [1.54, 1.807) is 6.92 Å². The largest absolute Gasteiger partial charge is 0.321 e. The molecule has 1 heterocycles. The summed E-state index contributed by atoms with van der Waals surface area (Å²) < 4.78 is 12.7. The van der Waals surface area contributed by atoms with Crippen LogP contribution in [0.25, 0.3) is 0 Å². The number of halogens is 1. The lowest BCUT2D eigenvalue weighted by atomic mass is 10.3. The zero-order chi connectivity index (χ0) is 12.4. The Morgan fingerprint density at radius 2 is 1.94 bits per heavy atom. The van der Waals surface area contributed by atoms with Crippen molar-refractivity contribution in [3.63, 3.8) is 0 Å². The third-order valence-corrected chi connectivity index (χ3v) is 3.28. The molecule has 5 heteroatoms. The number of aromatic nitrogens is 1. The Morgan fingerprint density at radius 3 is 2.47 bits per heavy atom. The fourth-order valence-electron chi connectivity index (χ4n) is 1.46. The normalized spacial score (nSPS) is 10.3. The molecule has 88 valence electrons. The predicted molar refractivity (Wildman–Crippen MR) is 65.9 cm³/mol. The second-order valence-electron chi connectivity index (χ2n) is 3.61. The number of hydrogen-bond donors (Lipinski definition) is 1. The van der Waals surface area contributed by atoms with Gasteiger partial charge in [0.05, 0.1) is 10.7 Å². The summed E-state index contributed by atoms with van der Waals surface area (Å²) in [5.41, 5.74) is 1.29. The molecule has 0 bridgehead atoms. The first-order valence-corrected chi connectivity index (χ1v) is 5.89. The van der Waals surface area contributed by atoms with E-state index in [0.29, 0.717) is 16.3 Å². The van der Waals surface area contributed by atoms with Crippen LogP contribution in [0.4, 0.5) is 10.1 Å². The van der Waals surface area contributed by atoms with E-state index in [9.17, 15) is 9.18 Å². The van der Waals surface area contributed by atoms with Crippen LogP contribution in [0, 0.1) is 19.7 Å². The molecule has 0 saturated heterocycles. The number of thiazole rings is 1. The average molecular weight is 250 g/mol. The van der Waals surface area contributed by atoms with Crippen LogP contribution in [0.15, 0.2) is 24.3 Å². The standard InChI is InChI=1S/C12H11FN2OS/c1-7-11(17-8(2)14-7)12(16)15-10-5-3-9(13)4-6-10/h3-6H,1-2H3,(H,15,16). The van der Waals surface area contributed by atoms with Gasteiger partial charge >= 0.3 is 0 Å². The summed E-state index contributed by atoms with van der Waals surface area (Å²) in [5, 5.41) is 3.56. The first-order valence-electron chi connectivity index (χ1n) is 5.07. The lowest BCUT2D eigenvalue weighted by Gasteiger charge is -2.03. The van der Waals surface area contributed by atoms with Gasteiger partial charge in [0, 0.05) is 5.69 Å². The van der Waals surface area contributed by atoms with E-state index in [0.717, 1.165) is 5.01 Å². The zero-order valence-corrected chi connectivity index (χ0v) is 10.3. The topological polar surface area (TPSA) is 42.0 Å². The minimum absolute atomic E-state index is 0.209. The quantitative estimate of drug-likeness (QED) is 0.889. The summed E-state index contributed by atoms with van der Waals surface area (Å²) in [6.07, 6.45) is 0. The van der Waals surface area contributed by atoms with E-state index in [4.69, 9.17) is 0 Å². The van der Waals surface area contributed by atoms with Gasteiger partial charge in [-0.25, -0.2) is 9.37 Å². The number of nitrogens with one attached hydrogen (secondary N) is 1. The highest BCUT2D eigenvalue weighted by Crippen LogP contribution is 2.19. The van der Waals surface area contributed by atoms with E-state index in [1.807, 2.05) is 6.92 Å². The van der Waals surface area contributed by atoms with E-state index >= 15 is 0 Å². The van der Waals surface area contributed by atoms with Crippen LogP contribution in [0.5, 0.6) is 0 Å². The lowest BCUT2D eigenvalue weighted by molar-refractivity contribution is 0.103. The number of rotatable bonds is 2. The minimum Gasteiger partial charge on any atom is -0.321 e. The smallest absolute Gasteiger partial charge is 0.267 e. The molecular formula is C12H11FN2OS. The molecule has 1 aromatic carbocycles. The SMILES string of the molecule is Cc1nc(C)c(C(=O)Nc2ccc(F)cc2)s1. The molecule has 0 aliphatic carbocycles. The number of hydrogen-bond acceptors (Lipinski definition) is 3. The van der Waals surface area contributed by atoms with Crippen LogP contribution in [0.1, 0.15) is 20.4 Å². The Bertz CT molecular complexity index is 548. The highest BCUT2D eigenvalue weighted by molar-refractivity contribution is 7.13. The van der Waals surface area contributed by atoms with Gasteiger partial charge in [0.15, 0.2) is 0 Å². The highest BCUT2D eigenvalue weighted by atomic mass is 32.1. The van der Waals surface area contributed by atoms with Crippen molar-refractivity contribution in [2.45, 2.75) is 13.8 Å². The van der Waals surface area contributed by atoms with E-state index in [2.05, 4.69) is 10.3 Å². The molecule has 0 spiro atoms. The van der Waals surface area contributed by atoms with Crippen LogP contribution < -0.4 is 5.32 Å². The van der Waals surface area contributed by atoms with Gasteiger partial charge < -0.3 is 5.32 Å². The molecule has 2 aromatic rings. The molecule has 0 aliphatic heterocycles. The highest BCUT2D eigenvalue weighted by Gasteiger charge is 2.13. The second-order valence-corrected chi connectivity index (χ2v) is 4.81. The van der Waals surface area contributed by atoms with Crippen molar-refractivity contribution in [2.24, 2.45) is 0 Å². The van der Waals surface area contributed by atoms with Gasteiger partial charge in [-0.15, -0.1) is 11.3 Å². The maximum absolute atomic E-state index is 12.7. The van der Waals surface area contributed by atoms with Gasteiger partial charge in [-0.3, -0.25) is 4.79 Å². The summed E-state index contributed by atoms with van der Waals surface area (Å²) in [6, 6.07) is 5.66. The Balaban J connectivity index is 2.17. The molecular weight excluding hydrogens is 239 g/mol. The second kappa shape index (κ2) is 4.63. The molecule has 0 unspecified atom stereocenters. The van der Waals surface area contributed by atoms with Gasteiger partial charge in [-0.05, 0) is 38.1 Å². The van der Waals surface area contributed by atoms with Crippen LogP contribution in [0.2, 0.25) is 0 Å². The summed E-state index contributed by atoms with van der Waals surface area (Å²) in [4.78, 5) is 16.7. The molecule has 0 saturated carbocycles. The van der Waals surface area contributed by atoms with Crippen LogP contribution in [-0.2, 0) is 0 Å². The van der Waals surface area contributed by atoms with Gasteiger partial charge in [-0.1, -0.05) is 0 Å². The number of nitrogens with zero attached hydrogens (tertiary/aromatic N) is 1. The van der Waals surface area contributed by atoms with Crippen molar-refractivity contribution in [3.05, 3.63) is 45.7 Å². The molecule has 0 aliphatic rings. The lowest BCUT2D eigenvalue weighted by Crippen LogP contribution is -2.11. The van der Waals surface area contributed by atoms with E-state index in [-0.39, 0.29) is 11.7 Å². The number of anilines is 1. The van der Waals surface area contributed by atoms with Gasteiger partial charge in [0.2, 0.25) is 0 Å². The maximum Gasteiger partial charge on any atom is 0.267 e. The van der Waals surface area contributed by atoms with E-state index < -0.39 is 0 Å². The number of benzene rings is 1. The number of carbonyl (C=O) groups excluding carboxylic acids is 1. The van der Waals surface area contributed by atoms with Crippen molar-refractivity contribution < 1.29 is 9.18 Å². The predicted octanol–water partition coefficient (Wildman–Crippen LogP) is 3.15. The molecule has 0 fully saturated rings. The number of carbonyl (C=O) groups is 1. The van der Waals surface area contributed by atoms with Crippen molar-refractivity contribution in [3.8, 4) is 0 Å². The maximum atomic E-state index is 12.7. The Kier molecular flexibility index (Phi) is 3.19. The van der Waals surface area contributed by atoms with Crippen molar-refractivity contribution in [2.75, 3.05) is 5.32 Å². The Hall–Kier alpha value is -1.75. The van der Waals surface area contributed by atoms with Gasteiger partial charge in [0.1, 0.15) is 10.7 Å². The summed E-state index contributed by atoms with van der Waals surface area (Å²) in [7, 11) is 0. The fraction of sp³-hybridized carbons (Fsp3) is 0.167. The van der Waals surface area contributed by atoms with Crippen LogP contribution in [-0.4, -0.2) is 10.9 Å². The average Bonchev–Trinajstić information content (AvgIpc) is 2.61. The monoisotopic (exact) mass is 250 g/mol. The molecule has 0 radical (unpaired) electrons. The van der Waals surface area contributed by atoms with Crippen molar-refractivity contribution >= 4 is 22.9 Å². The summed E-state index contributed by atoms with van der Waals surface area (Å²) in [6.45, 7) is 3.65. The third kappa shape index (κ3) is 2.68. The number of aryl methyl sites for hydroxylation is 2. The number of amides is 1. The fourth-order valence-corrected chi connectivity index (χ4v) is 2.28. The Labute approximate surface area is 102 Å². The summed E-state index contributed by atoms with van der Waals surface area (Å²) in [5.74, 6) is -0.535. The Morgan fingerprint density at radius 1 is 1.29 bits per heavy atom. The molecule has 1 aromatic heterocycles. The molecule has 2 rings (SSSR count). The van der Waals surface area contributed by atoms with Crippen molar-refractivity contribution in [1.82, 2.24) is 4.98 Å². The first-order chi connectivity index (χ1) is 8.06. The summed E-state index contributed by atoms with van der Waals surface area (Å²) >= 11 is 1.35. The zero-order valence-electron chi connectivity index (χ0n) is 9.45. The van der Waals surface area contributed by atoms with Gasteiger partial charge in [-0.2, -0.15) is 0 Å². The van der Waals surface area contributed by atoms with E-state index in [1.165, 1.54) is 35.6 Å². The first kappa shape index (κ1) is 11.7. The molecule has 1 N–H and O–H groups in total. The molecule has 0 atom stereocenters. The van der Waals surface area contributed by atoms with Crippen LogP contribution in [0.3, 0.4) is 0 Å². The molecule has 1 amide bonds. The van der Waals surface area contributed by atoms with Crippen LogP contribution >= 0.6 is 11.3 Å². The van der Waals surface area contributed by atoms with Crippen molar-refractivity contribution in [1.29, 1.82) is 0 Å². The third-order valence-electron chi connectivity index (χ3n) is 2.21. The van der Waals surface area contributed by atoms with Gasteiger partial charge in [0.25, 0.3) is 5.91 Å². The molecule has 3 nitrogen and oxygen atoms in total. The minimum atomic E-state index is -0.326. The molecule has 17 heavy (non-hydrogen) atoms.